The van der Waals surface area contributed by atoms with Crippen LogP contribution in [0, 0.1) is 0 Å². The number of carboxylic acids is 1. The minimum absolute atomic E-state index is 0.000135. The fraction of sp³-hybridized carbons (Fsp3) is 0.562. The molecule has 1 aromatic rings. The van der Waals surface area contributed by atoms with Gasteiger partial charge in [-0.15, -0.1) is 0 Å². The van der Waals surface area contributed by atoms with Crippen LogP contribution in [0.25, 0.3) is 0 Å². The molecule has 122 valence electrons. The Morgan fingerprint density at radius 2 is 2.09 bits per heavy atom. The predicted octanol–water partition coefficient (Wildman–Crippen LogP) is 3.53. The van der Waals surface area contributed by atoms with Gasteiger partial charge < -0.3 is 20.3 Å². The Hall–Kier alpha value is -1.46. The molecule has 0 aromatic heterocycles. The van der Waals surface area contributed by atoms with Gasteiger partial charge >= 0.3 is 5.97 Å². The molecule has 22 heavy (non-hydrogen) atoms. The topological polar surface area (TPSA) is 81.8 Å². The van der Waals surface area contributed by atoms with Gasteiger partial charge in [0.2, 0.25) is 0 Å². The lowest BCUT2D eigenvalue weighted by Crippen LogP contribution is -2.15. The van der Waals surface area contributed by atoms with E-state index in [0.717, 1.165) is 12.8 Å². The molecule has 1 saturated carbocycles. The summed E-state index contributed by atoms with van der Waals surface area (Å²) in [5.41, 5.74) is 6.72. The van der Waals surface area contributed by atoms with Crippen molar-refractivity contribution in [3.05, 3.63) is 22.7 Å². The van der Waals surface area contributed by atoms with E-state index in [1.165, 1.54) is 12.8 Å². The van der Waals surface area contributed by atoms with Crippen LogP contribution in [0.2, 0.25) is 5.02 Å². The van der Waals surface area contributed by atoms with Crippen molar-refractivity contribution in [1.82, 2.24) is 0 Å². The molecule has 2 rings (SSSR count). The first-order chi connectivity index (χ1) is 10.5. The molecule has 0 bridgehead atoms. The molecule has 0 amide bonds. The van der Waals surface area contributed by atoms with E-state index in [1.807, 2.05) is 0 Å². The minimum atomic E-state index is -0.875. The number of aliphatic carboxylic acids is 1. The third-order valence-electron chi connectivity index (χ3n) is 3.95. The Labute approximate surface area is 135 Å². The molecular formula is C16H22ClNO4. The van der Waals surface area contributed by atoms with Gasteiger partial charge in [0, 0.05) is 23.6 Å². The quantitative estimate of drug-likeness (QED) is 0.800. The lowest BCUT2D eigenvalue weighted by molar-refractivity contribution is -0.137. The Bertz CT molecular complexity index is 529. The fourth-order valence-corrected chi connectivity index (χ4v) is 3.00. The number of nitrogens with two attached hydrogens (primary N) is 1. The van der Waals surface area contributed by atoms with Crippen molar-refractivity contribution in [2.24, 2.45) is 5.73 Å². The molecule has 0 radical (unpaired) electrons. The van der Waals surface area contributed by atoms with Crippen molar-refractivity contribution in [3.63, 3.8) is 0 Å². The van der Waals surface area contributed by atoms with Gasteiger partial charge in [-0.25, -0.2) is 0 Å². The zero-order valence-electron chi connectivity index (χ0n) is 12.7. The summed E-state index contributed by atoms with van der Waals surface area (Å²) in [6, 6.07) is 3.02. The predicted molar refractivity (Wildman–Crippen MR) is 84.7 cm³/mol. The first kappa shape index (κ1) is 16.9. The maximum atomic E-state index is 10.7. The number of carbonyl (C=O) groups is 1. The van der Waals surface area contributed by atoms with Crippen LogP contribution >= 0.6 is 11.6 Å². The first-order valence-corrected chi connectivity index (χ1v) is 7.90. The van der Waals surface area contributed by atoms with Crippen LogP contribution in [0.15, 0.2) is 12.1 Å². The van der Waals surface area contributed by atoms with Gasteiger partial charge in [0.05, 0.1) is 13.2 Å². The van der Waals surface area contributed by atoms with Crippen molar-refractivity contribution in [2.75, 3.05) is 7.11 Å². The molecule has 1 aliphatic rings. The zero-order chi connectivity index (χ0) is 16.1. The Kier molecular flexibility index (Phi) is 5.91. The van der Waals surface area contributed by atoms with Gasteiger partial charge in [0.1, 0.15) is 0 Å². The number of hydrogen-bond donors (Lipinski definition) is 2. The second-order valence-corrected chi connectivity index (χ2v) is 6.00. The molecule has 0 spiro atoms. The summed E-state index contributed by atoms with van der Waals surface area (Å²) in [4.78, 5) is 10.7. The zero-order valence-corrected chi connectivity index (χ0v) is 13.4. The standard InChI is InChI=1S/C16H22ClNO4/c1-21-14-8-11(13(18)6-7-16(19)20)12(17)9-15(14)22-10-4-2-3-5-10/h8-10,13H,2-7,18H2,1H3,(H,19,20). The molecule has 5 nitrogen and oxygen atoms in total. The summed E-state index contributed by atoms with van der Waals surface area (Å²) in [6.07, 6.45) is 4.97. The van der Waals surface area contributed by atoms with E-state index in [9.17, 15) is 4.79 Å². The van der Waals surface area contributed by atoms with E-state index in [0.29, 0.717) is 28.5 Å². The van der Waals surface area contributed by atoms with Crippen LogP contribution in [0.3, 0.4) is 0 Å². The maximum Gasteiger partial charge on any atom is 0.303 e. The lowest BCUT2D eigenvalue weighted by atomic mass is 10.0. The molecule has 1 atom stereocenters. The number of methoxy groups -OCH3 is 1. The van der Waals surface area contributed by atoms with Crippen molar-refractivity contribution < 1.29 is 19.4 Å². The molecule has 1 unspecified atom stereocenters. The van der Waals surface area contributed by atoms with Crippen LogP contribution in [0.5, 0.6) is 11.5 Å². The summed E-state index contributed by atoms with van der Waals surface area (Å²) in [7, 11) is 1.57. The second kappa shape index (κ2) is 7.70. The summed E-state index contributed by atoms with van der Waals surface area (Å²) < 4.78 is 11.3. The normalized spacial score (nSPS) is 16.5. The highest BCUT2D eigenvalue weighted by atomic mass is 35.5. The summed E-state index contributed by atoms with van der Waals surface area (Å²) in [6.45, 7) is 0. The average Bonchev–Trinajstić information content (AvgIpc) is 2.98. The average molecular weight is 328 g/mol. The summed E-state index contributed by atoms with van der Waals surface area (Å²) in [5.74, 6) is 0.324. The number of ether oxygens (including phenoxy) is 2. The Morgan fingerprint density at radius 1 is 1.41 bits per heavy atom. The highest BCUT2D eigenvalue weighted by molar-refractivity contribution is 6.31. The van der Waals surface area contributed by atoms with Crippen molar-refractivity contribution in [3.8, 4) is 11.5 Å². The van der Waals surface area contributed by atoms with Crippen molar-refractivity contribution in [2.45, 2.75) is 50.7 Å². The molecule has 1 aliphatic carbocycles. The highest BCUT2D eigenvalue weighted by Crippen LogP contribution is 2.38. The number of benzene rings is 1. The third kappa shape index (κ3) is 4.27. The highest BCUT2D eigenvalue weighted by Gasteiger charge is 2.21. The van der Waals surface area contributed by atoms with E-state index < -0.39 is 12.0 Å². The van der Waals surface area contributed by atoms with Gasteiger partial charge in [-0.05, 0) is 43.7 Å². The summed E-state index contributed by atoms with van der Waals surface area (Å²) >= 11 is 6.29. The monoisotopic (exact) mass is 327 g/mol. The van der Waals surface area contributed by atoms with Crippen molar-refractivity contribution in [1.29, 1.82) is 0 Å². The molecule has 3 N–H and O–H groups in total. The van der Waals surface area contributed by atoms with Gasteiger partial charge in [-0.2, -0.15) is 0 Å². The minimum Gasteiger partial charge on any atom is -0.493 e. The molecule has 1 fully saturated rings. The first-order valence-electron chi connectivity index (χ1n) is 7.52. The van der Waals surface area contributed by atoms with E-state index in [1.54, 1.807) is 19.2 Å². The third-order valence-corrected chi connectivity index (χ3v) is 4.27. The van der Waals surface area contributed by atoms with Crippen LogP contribution in [-0.2, 0) is 4.79 Å². The van der Waals surface area contributed by atoms with Crippen LogP contribution in [0.1, 0.15) is 50.1 Å². The largest absolute Gasteiger partial charge is 0.493 e. The number of halogens is 1. The van der Waals surface area contributed by atoms with Gasteiger partial charge in [0.25, 0.3) is 0 Å². The van der Waals surface area contributed by atoms with E-state index in [2.05, 4.69) is 0 Å². The van der Waals surface area contributed by atoms with Gasteiger partial charge in [0.15, 0.2) is 11.5 Å². The van der Waals surface area contributed by atoms with E-state index in [4.69, 9.17) is 31.9 Å². The molecular weight excluding hydrogens is 306 g/mol. The molecule has 1 aromatic carbocycles. The molecule has 0 aliphatic heterocycles. The van der Waals surface area contributed by atoms with Crippen LogP contribution in [-0.4, -0.2) is 24.3 Å². The smallest absolute Gasteiger partial charge is 0.303 e. The van der Waals surface area contributed by atoms with Gasteiger partial charge in [-0.1, -0.05) is 11.6 Å². The van der Waals surface area contributed by atoms with Gasteiger partial charge in [-0.3, -0.25) is 4.79 Å². The molecule has 0 heterocycles. The fourth-order valence-electron chi connectivity index (χ4n) is 2.71. The summed E-state index contributed by atoms with van der Waals surface area (Å²) in [5, 5.41) is 9.23. The Morgan fingerprint density at radius 3 is 2.68 bits per heavy atom. The van der Waals surface area contributed by atoms with E-state index >= 15 is 0 Å². The Balaban J connectivity index is 2.16. The number of rotatable bonds is 7. The van der Waals surface area contributed by atoms with Crippen molar-refractivity contribution >= 4 is 17.6 Å². The van der Waals surface area contributed by atoms with Crippen LogP contribution in [0.4, 0.5) is 0 Å². The lowest BCUT2D eigenvalue weighted by Gasteiger charge is -2.19. The van der Waals surface area contributed by atoms with Crippen LogP contribution < -0.4 is 15.2 Å². The maximum absolute atomic E-state index is 10.7. The molecule has 0 saturated heterocycles. The van der Waals surface area contributed by atoms with E-state index in [-0.39, 0.29) is 12.5 Å². The SMILES string of the molecule is COc1cc(C(N)CCC(=O)O)c(Cl)cc1OC1CCCC1. The second-order valence-electron chi connectivity index (χ2n) is 5.59. The number of hydrogen-bond acceptors (Lipinski definition) is 4. The molecule has 6 heteroatoms. The number of carboxylic acid groups (broad SMARTS) is 1.